The number of nitrogens with one attached hydrogen (secondary N) is 1. The van der Waals surface area contributed by atoms with Gasteiger partial charge in [0.15, 0.2) is 0 Å². The largest absolute Gasteiger partial charge is 0.355 e. The zero-order chi connectivity index (χ0) is 16.5. The molecule has 0 saturated heterocycles. The van der Waals surface area contributed by atoms with Crippen LogP contribution >= 0.6 is 23.4 Å². The fourth-order valence-corrected chi connectivity index (χ4v) is 3.97. The maximum absolute atomic E-state index is 13.1. The summed E-state index contributed by atoms with van der Waals surface area (Å²) in [6.45, 7) is 0. The van der Waals surface area contributed by atoms with E-state index in [4.69, 9.17) is 11.6 Å². The summed E-state index contributed by atoms with van der Waals surface area (Å²) in [6, 6.07) is 23.3. The van der Waals surface area contributed by atoms with E-state index in [1.807, 2.05) is 72.8 Å². The van der Waals surface area contributed by atoms with Crippen molar-refractivity contribution < 1.29 is 4.79 Å². The van der Waals surface area contributed by atoms with Crippen LogP contribution in [-0.2, 0) is 4.79 Å². The first-order chi connectivity index (χ1) is 11.7. The molecule has 24 heavy (non-hydrogen) atoms. The number of rotatable bonds is 2. The van der Waals surface area contributed by atoms with E-state index in [0.29, 0.717) is 5.02 Å². The average Bonchev–Trinajstić information content (AvgIpc) is 2.61. The second kappa shape index (κ2) is 6.34. The number of carbonyl (C=O) groups is 1. The second-order valence-corrected chi connectivity index (χ2v) is 7.12. The van der Waals surface area contributed by atoms with Crippen molar-refractivity contribution in [2.45, 2.75) is 10.8 Å². The van der Waals surface area contributed by atoms with Crippen LogP contribution in [0.15, 0.2) is 77.7 Å². The van der Waals surface area contributed by atoms with Gasteiger partial charge in [-0.2, -0.15) is 0 Å². The summed E-state index contributed by atoms with van der Waals surface area (Å²) < 4.78 is 0. The standard InChI is InChI=1S/C20H14ClNOS/c21-13-9-11-14(12-10-13)24-20(23)19-15-5-1-3-7-17(15)22-18-8-4-2-6-16(18)19/h1-12,19,22H. The molecule has 0 aromatic heterocycles. The van der Waals surface area contributed by atoms with Crippen LogP contribution in [0.2, 0.25) is 5.02 Å². The molecule has 0 aliphatic carbocycles. The smallest absolute Gasteiger partial charge is 0.205 e. The molecular weight excluding hydrogens is 338 g/mol. The van der Waals surface area contributed by atoms with Crippen molar-refractivity contribution in [1.82, 2.24) is 0 Å². The lowest BCUT2D eigenvalue weighted by Gasteiger charge is -2.28. The first-order valence-electron chi connectivity index (χ1n) is 7.64. The van der Waals surface area contributed by atoms with E-state index >= 15 is 0 Å². The molecule has 0 saturated carbocycles. The molecule has 1 aliphatic rings. The topological polar surface area (TPSA) is 29.1 Å². The highest BCUT2D eigenvalue weighted by Crippen LogP contribution is 2.44. The van der Waals surface area contributed by atoms with E-state index in [1.54, 1.807) is 0 Å². The maximum Gasteiger partial charge on any atom is 0.205 e. The molecule has 2 nitrogen and oxygen atoms in total. The van der Waals surface area contributed by atoms with Crippen molar-refractivity contribution in [2.75, 3.05) is 5.32 Å². The van der Waals surface area contributed by atoms with Crippen LogP contribution in [0.3, 0.4) is 0 Å². The maximum atomic E-state index is 13.1. The van der Waals surface area contributed by atoms with Crippen LogP contribution in [0.5, 0.6) is 0 Å². The van der Waals surface area contributed by atoms with Gasteiger partial charge in [0.2, 0.25) is 5.12 Å². The highest BCUT2D eigenvalue weighted by molar-refractivity contribution is 8.13. The van der Waals surface area contributed by atoms with Crippen LogP contribution in [0.25, 0.3) is 0 Å². The van der Waals surface area contributed by atoms with Gasteiger partial charge in [-0.1, -0.05) is 59.8 Å². The Morgan fingerprint density at radius 1 is 0.833 bits per heavy atom. The van der Waals surface area contributed by atoms with Gasteiger partial charge in [-0.15, -0.1) is 0 Å². The lowest BCUT2D eigenvalue weighted by Crippen LogP contribution is -2.18. The van der Waals surface area contributed by atoms with E-state index in [2.05, 4.69) is 5.32 Å². The molecule has 1 heterocycles. The predicted molar refractivity (Wildman–Crippen MR) is 100 cm³/mol. The van der Waals surface area contributed by atoms with Gasteiger partial charge in [-0.3, -0.25) is 4.79 Å². The predicted octanol–water partition coefficient (Wildman–Crippen LogP) is 5.85. The summed E-state index contributed by atoms with van der Waals surface area (Å²) in [5.41, 5.74) is 4.02. The van der Waals surface area contributed by atoms with Gasteiger partial charge in [0.1, 0.15) is 0 Å². The molecule has 0 amide bonds. The zero-order valence-corrected chi connectivity index (χ0v) is 14.3. The number of halogens is 1. The fourth-order valence-electron chi connectivity index (χ4n) is 2.97. The van der Waals surface area contributed by atoms with Crippen LogP contribution in [0.4, 0.5) is 11.4 Å². The zero-order valence-electron chi connectivity index (χ0n) is 12.7. The first-order valence-corrected chi connectivity index (χ1v) is 8.84. The molecule has 0 unspecified atom stereocenters. The Labute approximate surface area is 149 Å². The van der Waals surface area contributed by atoms with E-state index in [-0.39, 0.29) is 11.0 Å². The molecule has 0 bridgehead atoms. The third-order valence-electron chi connectivity index (χ3n) is 4.08. The van der Waals surface area contributed by atoms with E-state index < -0.39 is 0 Å². The third-order valence-corrected chi connectivity index (χ3v) is 5.28. The Hall–Kier alpha value is -2.23. The Morgan fingerprint density at radius 3 is 1.96 bits per heavy atom. The molecule has 3 aromatic rings. The molecule has 0 radical (unpaired) electrons. The van der Waals surface area contributed by atoms with Gasteiger partial charge in [0.05, 0.1) is 5.92 Å². The molecular formula is C20H14ClNOS. The first kappa shape index (κ1) is 15.3. The lowest BCUT2D eigenvalue weighted by atomic mass is 9.87. The number of hydrogen-bond donors (Lipinski definition) is 1. The minimum absolute atomic E-state index is 0.110. The summed E-state index contributed by atoms with van der Waals surface area (Å²) >= 11 is 7.19. The van der Waals surface area contributed by atoms with Crippen LogP contribution in [0, 0.1) is 0 Å². The van der Waals surface area contributed by atoms with Crippen molar-refractivity contribution in [1.29, 1.82) is 0 Å². The molecule has 0 atom stereocenters. The molecule has 1 aliphatic heterocycles. The van der Waals surface area contributed by atoms with Crippen LogP contribution in [0.1, 0.15) is 17.0 Å². The Morgan fingerprint density at radius 2 is 1.38 bits per heavy atom. The van der Waals surface area contributed by atoms with Gasteiger partial charge in [0.25, 0.3) is 0 Å². The van der Waals surface area contributed by atoms with Gasteiger partial charge >= 0.3 is 0 Å². The second-order valence-electron chi connectivity index (χ2n) is 5.61. The fraction of sp³-hybridized carbons (Fsp3) is 0.0500. The molecule has 4 heteroatoms. The minimum Gasteiger partial charge on any atom is -0.355 e. The van der Waals surface area contributed by atoms with Crippen molar-refractivity contribution >= 4 is 39.9 Å². The molecule has 3 aromatic carbocycles. The number of anilines is 2. The molecule has 0 fully saturated rings. The molecule has 4 rings (SSSR count). The number of benzene rings is 3. The van der Waals surface area contributed by atoms with Crippen molar-refractivity contribution in [3.05, 3.63) is 88.9 Å². The van der Waals surface area contributed by atoms with E-state index in [9.17, 15) is 4.79 Å². The summed E-state index contributed by atoms with van der Waals surface area (Å²) in [7, 11) is 0. The van der Waals surface area contributed by atoms with E-state index in [1.165, 1.54) is 11.8 Å². The van der Waals surface area contributed by atoms with Crippen LogP contribution in [-0.4, -0.2) is 5.12 Å². The van der Waals surface area contributed by atoms with Crippen molar-refractivity contribution in [3.63, 3.8) is 0 Å². The summed E-state index contributed by atoms with van der Waals surface area (Å²) in [5.74, 6) is -0.278. The highest BCUT2D eigenvalue weighted by Gasteiger charge is 2.31. The number of thioether (sulfide) groups is 1. The highest BCUT2D eigenvalue weighted by atomic mass is 35.5. The normalized spacial score (nSPS) is 12.9. The third kappa shape index (κ3) is 2.81. The van der Waals surface area contributed by atoms with Crippen molar-refractivity contribution in [2.24, 2.45) is 0 Å². The molecule has 0 spiro atoms. The number of para-hydroxylation sites is 2. The average molecular weight is 352 g/mol. The van der Waals surface area contributed by atoms with Gasteiger partial charge < -0.3 is 5.32 Å². The Bertz CT molecular complexity index is 862. The molecule has 118 valence electrons. The SMILES string of the molecule is O=C(Sc1ccc(Cl)cc1)C1c2ccccc2Nc2ccccc21. The van der Waals surface area contributed by atoms with Gasteiger partial charge in [-0.05, 0) is 47.5 Å². The quantitative estimate of drug-likeness (QED) is 0.587. The number of fused-ring (bicyclic) bond motifs is 2. The Balaban J connectivity index is 1.74. The molecule has 1 N–H and O–H groups in total. The number of carbonyl (C=O) groups excluding carboxylic acids is 1. The number of hydrogen-bond acceptors (Lipinski definition) is 3. The van der Waals surface area contributed by atoms with Gasteiger partial charge in [-0.25, -0.2) is 0 Å². The summed E-state index contributed by atoms with van der Waals surface area (Å²) in [4.78, 5) is 14.0. The summed E-state index contributed by atoms with van der Waals surface area (Å²) in [6.07, 6.45) is 0. The van der Waals surface area contributed by atoms with Crippen LogP contribution < -0.4 is 5.32 Å². The minimum atomic E-state index is -0.278. The van der Waals surface area contributed by atoms with Crippen molar-refractivity contribution in [3.8, 4) is 0 Å². The lowest BCUT2D eigenvalue weighted by molar-refractivity contribution is -0.111. The van der Waals surface area contributed by atoms with Gasteiger partial charge in [0, 0.05) is 21.3 Å². The van der Waals surface area contributed by atoms with E-state index in [0.717, 1.165) is 27.4 Å². The monoisotopic (exact) mass is 351 g/mol. The summed E-state index contributed by atoms with van der Waals surface area (Å²) in [5, 5.41) is 4.20. The Kier molecular flexibility index (Phi) is 4.05.